The second kappa shape index (κ2) is 9.51. The Morgan fingerprint density at radius 1 is 0.833 bits per heavy atom. The molecule has 30 heavy (non-hydrogen) atoms. The fourth-order valence-corrected chi connectivity index (χ4v) is 7.36. The zero-order valence-corrected chi connectivity index (χ0v) is 21.0. The van der Waals surface area contributed by atoms with Gasteiger partial charge in [0.2, 0.25) is 0 Å². The van der Waals surface area contributed by atoms with E-state index in [4.69, 9.17) is 9.84 Å². The lowest BCUT2D eigenvalue weighted by Gasteiger charge is -2.22. The summed E-state index contributed by atoms with van der Waals surface area (Å²) in [4.78, 5) is 0. The summed E-state index contributed by atoms with van der Waals surface area (Å²) >= 11 is 2.33. The van der Waals surface area contributed by atoms with Crippen molar-refractivity contribution < 1.29 is 0 Å². The van der Waals surface area contributed by atoms with Gasteiger partial charge in [-0.1, -0.05) is 48.5 Å². The highest BCUT2D eigenvalue weighted by Gasteiger charge is 2.27. The van der Waals surface area contributed by atoms with Crippen LogP contribution in [0.1, 0.15) is 11.4 Å². The highest BCUT2D eigenvalue weighted by atomic mass is 127. The predicted octanol–water partition coefficient (Wildman–Crippen LogP) is 6.63. The molecule has 0 radical (unpaired) electrons. The second-order valence-electron chi connectivity index (χ2n) is 7.14. The summed E-state index contributed by atoms with van der Waals surface area (Å²) in [5.74, 6) is 0. The summed E-state index contributed by atoms with van der Waals surface area (Å²) in [5, 5.41) is 7.43. The number of rotatable bonds is 4. The van der Waals surface area contributed by atoms with E-state index in [1.54, 1.807) is 0 Å². The van der Waals surface area contributed by atoms with E-state index in [-0.39, 0.29) is 12.4 Å². The van der Waals surface area contributed by atoms with Crippen molar-refractivity contribution in [2.45, 2.75) is 13.8 Å². The van der Waals surface area contributed by atoms with Crippen LogP contribution in [0.3, 0.4) is 0 Å². The Hall–Kier alpha value is -1.88. The number of halogens is 2. The number of aromatic nitrogens is 2. The van der Waals surface area contributed by atoms with Gasteiger partial charge in [0.15, 0.2) is 0 Å². The average Bonchev–Trinajstić information content (AvgIpc) is 3.05. The van der Waals surface area contributed by atoms with Gasteiger partial charge in [0.25, 0.3) is 0 Å². The van der Waals surface area contributed by atoms with Gasteiger partial charge in [-0.05, 0) is 84.8 Å². The molecule has 0 saturated carbocycles. The molecular weight excluding hydrogens is 524 g/mol. The zero-order chi connectivity index (χ0) is 20.4. The molecule has 0 saturated heterocycles. The monoisotopic (exact) mass is 547 g/mol. The standard InChI is InChI=1S/C24H23IN3P.ClH/c1-18-24(19(2)28(26-18)22-10-6-4-7-11-22)29(3,23-12-8-5-9-13-23)27-21-16-14-20(25)15-17-21;/h4-17H,1-3H3;1H. The summed E-state index contributed by atoms with van der Waals surface area (Å²) in [7, 11) is -2.05. The van der Waals surface area contributed by atoms with Crippen molar-refractivity contribution in [3.63, 3.8) is 0 Å². The van der Waals surface area contributed by atoms with Crippen molar-refractivity contribution in [2.24, 2.45) is 4.74 Å². The fraction of sp³-hybridized carbons (Fsp3) is 0.125. The maximum atomic E-state index is 5.36. The van der Waals surface area contributed by atoms with Gasteiger partial charge in [0.05, 0.1) is 22.8 Å². The second-order valence-corrected chi connectivity index (χ2v) is 11.5. The molecule has 4 aromatic rings. The number of hydrogen-bond donors (Lipinski definition) is 0. The maximum absolute atomic E-state index is 5.36. The minimum absolute atomic E-state index is 0. The van der Waals surface area contributed by atoms with Crippen LogP contribution in [0.15, 0.2) is 89.7 Å². The van der Waals surface area contributed by atoms with E-state index < -0.39 is 7.05 Å². The van der Waals surface area contributed by atoms with Crippen molar-refractivity contribution in [2.75, 3.05) is 6.66 Å². The lowest BCUT2D eigenvalue weighted by atomic mass is 10.3. The first kappa shape index (κ1) is 22.8. The third kappa shape index (κ3) is 4.41. The van der Waals surface area contributed by atoms with Gasteiger partial charge in [-0.2, -0.15) is 5.10 Å². The van der Waals surface area contributed by atoms with Crippen LogP contribution in [0.5, 0.6) is 0 Å². The maximum Gasteiger partial charge on any atom is 0.0695 e. The quantitative estimate of drug-likeness (QED) is 0.208. The first-order valence-corrected chi connectivity index (χ1v) is 12.8. The Morgan fingerprint density at radius 2 is 1.40 bits per heavy atom. The lowest BCUT2D eigenvalue weighted by Crippen LogP contribution is -2.19. The SMILES string of the molecule is Cc1nn(-c2ccccc2)c(C)c1P(C)(=Nc1ccc(I)cc1)c1ccccc1.Cl. The van der Waals surface area contributed by atoms with Crippen molar-refractivity contribution in [1.29, 1.82) is 0 Å². The zero-order valence-electron chi connectivity index (χ0n) is 17.2. The Bertz CT molecular complexity index is 1190. The molecule has 0 bridgehead atoms. The molecule has 1 aromatic heterocycles. The van der Waals surface area contributed by atoms with Crippen LogP contribution in [0.4, 0.5) is 5.69 Å². The molecule has 4 rings (SSSR count). The van der Waals surface area contributed by atoms with Gasteiger partial charge >= 0.3 is 0 Å². The van der Waals surface area contributed by atoms with Crippen LogP contribution in [0, 0.1) is 17.4 Å². The predicted molar refractivity (Wildman–Crippen MR) is 140 cm³/mol. The van der Waals surface area contributed by atoms with E-state index in [1.807, 2.05) is 18.2 Å². The number of benzene rings is 3. The Balaban J connectivity index is 0.00000256. The molecule has 0 N–H and O–H groups in total. The van der Waals surface area contributed by atoms with Gasteiger partial charge in [0.1, 0.15) is 0 Å². The molecular formula is C24H24ClIN3P. The van der Waals surface area contributed by atoms with Crippen LogP contribution in [-0.2, 0) is 0 Å². The summed E-state index contributed by atoms with van der Waals surface area (Å²) in [5.41, 5.74) is 4.28. The summed E-state index contributed by atoms with van der Waals surface area (Å²) in [6, 6.07) is 29.4. The molecule has 0 aliphatic carbocycles. The first-order chi connectivity index (χ1) is 14.0. The largest absolute Gasteiger partial charge is 0.259 e. The number of aryl methyl sites for hydroxylation is 1. The molecule has 6 heteroatoms. The van der Waals surface area contributed by atoms with Gasteiger partial charge in [-0.15, -0.1) is 12.4 Å². The van der Waals surface area contributed by atoms with Crippen LogP contribution < -0.4 is 10.6 Å². The van der Waals surface area contributed by atoms with E-state index >= 15 is 0 Å². The average molecular weight is 548 g/mol. The molecule has 0 fully saturated rings. The van der Waals surface area contributed by atoms with E-state index in [2.05, 4.69) is 115 Å². The molecule has 0 aliphatic rings. The topological polar surface area (TPSA) is 30.2 Å². The molecule has 3 aromatic carbocycles. The first-order valence-electron chi connectivity index (χ1n) is 9.52. The molecule has 0 spiro atoms. The molecule has 1 atom stereocenters. The summed E-state index contributed by atoms with van der Waals surface area (Å²) in [6.45, 7) is 6.56. The smallest absolute Gasteiger partial charge is 0.0695 e. The van der Waals surface area contributed by atoms with Gasteiger partial charge in [0, 0.05) is 15.9 Å². The minimum Gasteiger partial charge on any atom is -0.259 e. The van der Waals surface area contributed by atoms with Gasteiger partial charge in [-0.3, -0.25) is 4.74 Å². The van der Waals surface area contributed by atoms with Crippen LogP contribution in [0.25, 0.3) is 5.69 Å². The highest BCUT2D eigenvalue weighted by molar-refractivity contribution is 14.1. The minimum atomic E-state index is -2.05. The van der Waals surface area contributed by atoms with Crippen molar-refractivity contribution in [3.05, 3.63) is 99.9 Å². The van der Waals surface area contributed by atoms with Crippen LogP contribution in [0.2, 0.25) is 0 Å². The molecule has 0 amide bonds. The van der Waals surface area contributed by atoms with Gasteiger partial charge in [-0.25, -0.2) is 4.68 Å². The molecule has 1 unspecified atom stereocenters. The van der Waals surface area contributed by atoms with Crippen molar-refractivity contribution in [3.8, 4) is 5.69 Å². The fourth-order valence-electron chi connectivity index (χ4n) is 3.78. The van der Waals surface area contributed by atoms with E-state index in [0.29, 0.717) is 0 Å². The van der Waals surface area contributed by atoms with E-state index in [1.165, 1.54) is 14.2 Å². The van der Waals surface area contributed by atoms with Crippen molar-refractivity contribution in [1.82, 2.24) is 9.78 Å². The van der Waals surface area contributed by atoms with Gasteiger partial charge < -0.3 is 0 Å². The highest BCUT2D eigenvalue weighted by Crippen LogP contribution is 2.48. The number of nitrogens with zero attached hydrogens (tertiary/aromatic N) is 3. The van der Waals surface area contributed by atoms with E-state index in [9.17, 15) is 0 Å². The third-order valence-electron chi connectivity index (χ3n) is 5.09. The van der Waals surface area contributed by atoms with Crippen LogP contribution >= 0.6 is 42.1 Å². The molecule has 3 nitrogen and oxygen atoms in total. The number of hydrogen-bond acceptors (Lipinski definition) is 2. The Kier molecular flexibility index (Phi) is 7.22. The molecule has 0 aliphatic heterocycles. The Labute approximate surface area is 198 Å². The number of para-hydroxylation sites is 1. The molecule has 154 valence electrons. The lowest BCUT2D eigenvalue weighted by molar-refractivity contribution is 0.834. The third-order valence-corrected chi connectivity index (χ3v) is 9.26. The van der Waals surface area contributed by atoms with E-state index in [0.717, 1.165) is 22.8 Å². The summed E-state index contributed by atoms with van der Waals surface area (Å²) < 4.78 is 8.62. The van der Waals surface area contributed by atoms with Crippen molar-refractivity contribution >= 4 is 58.3 Å². The Morgan fingerprint density at radius 3 is 2.00 bits per heavy atom. The van der Waals surface area contributed by atoms with Crippen LogP contribution in [-0.4, -0.2) is 16.4 Å². The normalized spacial score (nSPS) is 12.7. The molecule has 1 heterocycles. The summed E-state index contributed by atoms with van der Waals surface area (Å²) in [6.07, 6.45) is 0.